The fourth-order valence-corrected chi connectivity index (χ4v) is 2.58. The highest BCUT2D eigenvalue weighted by Crippen LogP contribution is 2.21. The standard InChI is InChI=1S/C17H16Cl2FN5O2/c18-12-9-22-24(10-12)6-1-5-21-17(26)16-4-7-25(23-16)11-27-13-2-3-15(20)14(19)8-13/h2-4,7-10H,1,5-6,11H2,(H,21,26). The van der Waals surface area contributed by atoms with Crippen LogP contribution in [0.25, 0.3) is 0 Å². The number of nitrogens with zero attached hydrogens (tertiary/aromatic N) is 4. The molecule has 0 aliphatic carbocycles. The Morgan fingerprint density at radius 3 is 2.85 bits per heavy atom. The van der Waals surface area contributed by atoms with Crippen LogP contribution in [0.5, 0.6) is 5.75 Å². The second-order valence-corrected chi connectivity index (χ2v) is 6.46. The zero-order valence-corrected chi connectivity index (χ0v) is 15.6. The van der Waals surface area contributed by atoms with Crippen molar-refractivity contribution < 1.29 is 13.9 Å². The summed E-state index contributed by atoms with van der Waals surface area (Å²) in [6.07, 6.45) is 5.61. The molecule has 1 N–H and O–H groups in total. The van der Waals surface area contributed by atoms with Gasteiger partial charge in [0, 0.05) is 31.5 Å². The van der Waals surface area contributed by atoms with Gasteiger partial charge in [-0.25, -0.2) is 9.07 Å². The third kappa shape index (κ3) is 5.45. The van der Waals surface area contributed by atoms with Gasteiger partial charge in [0.2, 0.25) is 0 Å². The van der Waals surface area contributed by atoms with Gasteiger partial charge in [0.1, 0.15) is 17.3 Å². The van der Waals surface area contributed by atoms with Crippen LogP contribution in [0.3, 0.4) is 0 Å². The first-order chi connectivity index (χ1) is 13.0. The van der Waals surface area contributed by atoms with Crippen molar-refractivity contribution >= 4 is 29.1 Å². The van der Waals surface area contributed by atoms with Crippen molar-refractivity contribution in [2.75, 3.05) is 6.54 Å². The molecule has 0 bridgehead atoms. The Hall–Kier alpha value is -2.58. The molecule has 3 rings (SSSR count). The molecule has 142 valence electrons. The average Bonchev–Trinajstić information content (AvgIpc) is 3.28. The van der Waals surface area contributed by atoms with Crippen LogP contribution in [-0.2, 0) is 13.3 Å². The number of amides is 1. The first-order valence-corrected chi connectivity index (χ1v) is 8.84. The molecule has 7 nitrogen and oxygen atoms in total. The SMILES string of the molecule is O=C(NCCCn1cc(Cl)cn1)c1ccn(COc2ccc(F)c(Cl)c2)n1. The number of carbonyl (C=O) groups is 1. The van der Waals surface area contributed by atoms with Gasteiger partial charge in [0.15, 0.2) is 6.73 Å². The molecular weight excluding hydrogens is 396 g/mol. The Kier molecular flexibility index (Phi) is 6.31. The van der Waals surface area contributed by atoms with Crippen molar-refractivity contribution in [2.45, 2.75) is 19.7 Å². The van der Waals surface area contributed by atoms with Crippen molar-refractivity contribution in [3.05, 3.63) is 64.4 Å². The Balaban J connectivity index is 1.43. The molecule has 0 unspecified atom stereocenters. The van der Waals surface area contributed by atoms with Gasteiger partial charge >= 0.3 is 0 Å². The van der Waals surface area contributed by atoms with Gasteiger partial charge in [-0.05, 0) is 24.6 Å². The third-order valence-corrected chi connectivity index (χ3v) is 4.06. The van der Waals surface area contributed by atoms with Gasteiger partial charge in [-0.3, -0.25) is 9.48 Å². The van der Waals surface area contributed by atoms with Crippen LogP contribution in [0.1, 0.15) is 16.9 Å². The van der Waals surface area contributed by atoms with Crippen LogP contribution < -0.4 is 10.1 Å². The van der Waals surface area contributed by atoms with Crippen LogP contribution >= 0.6 is 23.2 Å². The van der Waals surface area contributed by atoms with E-state index in [-0.39, 0.29) is 23.4 Å². The minimum absolute atomic E-state index is 0.0228. The first-order valence-electron chi connectivity index (χ1n) is 8.09. The number of hydrogen-bond acceptors (Lipinski definition) is 4. The minimum Gasteiger partial charge on any atom is -0.471 e. The summed E-state index contributed by atoms with van der Waals surface area (Å²) in [7, 11) is 0. The number of rotatable bonds is 8. The van der Waals surface area contributed by atoms with E-state index in [9.17, 15) is 9.18 Å². The van der Waals surface area contributed by atoms with Gasteiger partial charge in [0.05, 0.1) is 16.2 Å². The minimum atomic E-state index is -0.516. The summed E-state index contributed by atoms with van der Waals surface area (Å²) in [6.45, 7) is 1.19. The molecule has 0 radical (unpaired) electrons. The molecule has 0 atom stereocenters. The van der Waals surface area contributed by atoms with Crippen molar-refractivity contribution in [3.8, 4) is 5.75 Å². The molecule has 0 aliphatic rings. The molecule has 2 aromatic heterocycles. The Bertz CT molecular complexity index is 928. The van der Waals surface area contributed by atoms with Gasteiger partial charge in [0.25, 0.3) is 5.91 Å². The number of hydrogen-bond donors (Lipinski definition) is 1. The van der Waals surface area contributed by atoms with Gasteiger partial charge in [-0.1, -0.05) is 23.2 Å². The van der Waals surface area contributed by atoms with E-state index in [2.05, 4.69) is 15.5 Å². The molecule has 0 saturated carbocycles. The zero-order valence-electron chi connectivity index (χ0n) is 14.1. The third-order valence-electron chi connectivity index (χ3n) is 3.58. The number of aryl methyl sites for hydroxylation is 1. The lowest BCUT2D eigenvalue weighted by atomic mass is 10.3. The van der Waals surface area contributed by atoms with Gasteiger partial charge in [-0.2, -0.15) is 10.2 Å². The van der Waals surface area contributed by atoms with Crippen molar-refractivity contribution in [1.82, 2.24) is 24.9 Å². The molecule has 0 spiro atoms. The topological polar surface area (TPSA) is 74.0 Å². The fraction of sp³-hybridized carbons (Fsp3) is 0.235. The predicted octanol–water partition coefficient (Wildman–Crippen LogP) is 3.38. The number of halogens is 3. The molecule has 0 fully saturated rings. The van der Waals surface area contributed by atoms with Crippen LogP contribution in [0.15, 0.2) is 42.9 Å². The summed E-state index contributed by atoms with van der Waals surface area (Å²) in [4.78, 5) is 12.1. The monoisotopic (exact) mass is 411 g/mol. The Morgan fingerprint density at radius 2 is 2.11 bits per heavy atom. The van der Waals surface area contributed by atoms with Gasteiger partial charge in [-0.15, -0.1) is 0 Å². The summed E-state index contributed by atoms with van der Waals surface area (Å²) >= 11 is 11.5. The maximum absolute atomic E-state index is 13.1. The molecule has 27 heavy (non-hydrogen) atoms. The van der Waals surface area contributed by atoms with E-state index < -0.39 is 5.82 Å². The Labute approximate surface area is 164 Å². The van der Waals surface area contributed by atoms with Crippen molar-refractivity contribution in [2.24, 2.45) is 0 Å². The highest BCUT2D eigenvalue weighted by Gasteiger charge is 2.09. The quantitative estimate of drug-likeness (QED) is 0.576. The lowest BCUT2D eigenvalue weighted by Crippen LogP contribution is -2.26. The predicted molar refractivity (Wildman–Crippen MR) is 98.5 cm³/mol. The lowest BCUT2D eigenvalue weighted by Gasteiger charge is -2.07. The smallest absolute Gasteiger partial charge is 0.271 e. The largest absolute Gasteiger partial charge is 0.471 e. The molecule has 10 heteroatoms. The van der Waals surface area contributed by atoms with E-state index in [1.54, 1.807) is 29.3 Å². The molecule has 2 heterocycles. The number of benzene rings is 1. The van der Waals surface area contributed by atoms with E-state index in [0.29, 0.717) is 30.3 Å². The van der Waals surface area contributed by atoms with E-state index in [4.69, 9.17) is 27.9 Å². The van der Waals surface area contributed by atoms with Crippen LogP contribution in [0.2, 0.25) is 10.0 Å². The van der Waals surface area contributed by atoms with Crippen LogP contribution in [-0.4, -0.2) is 32.0 Å². The Morgan fingerprint density at radius 1 is 1.26 bits per heavy atom. The fourth-order valence-electron chi connectivity index (χ4n) is 2.26. The number of nitrogens with one attached hydrogen (secondary N) is 1. The van der Waals surface area contributed by atoms with Crippen molar-refractivity contribution in [3.63, 3.8) is 0 Å². The maximum atomic E-state index is 13.1. The molecule has 3 aromatic rings. The van der Waals surface area contributed by atoms with Crippen molar-refractivity contribution in [1.29, 1.82) is 0 Å². The molecular formula is C17H16Cl2FN5O2. The first kappa shape index (κ1) is 19.2. The average molecular weight is 412 g/mol. The summed E-state index contributed by atoms with van der Waals surface area (Å²) in [5.74, 6) is -0.392. The molecule has 0 aliphatic heterocycles. The highest BCUT2D eigenvalue weighted by atomic mass is 35.5. The number of aromatic nitrogens is 4. The maximum Gasteiger partial charge on any atom is 0.271 e. The molecule has 1 aromatic carbocycles. The normalized spacial score (nSPS) is 10.8. The van der Waals surface area contributed by atoms with E-state index in [1.807, 2.05) is 0 Å². The summed E-state index contributed by atoms with van der Waals surface area (Å²) in [6, 6.07) is 5.65. The lowest BCUT2D eigenvalue weighted by molar-refractivity contribution is 0.0945. The van der Waals surface area contributed by atoms with E-state index >= 15 is 0 Å². The number of carbonyl (C=O) groups excluding carboxylic acids is 1. The second-order valence-electron chi connectivity index (χ2n) is 5.62. The second kappa shape index (κ2) is 8.88. The summed E-state index contributed by atoms with van der Waals surface area (Å²) in [5, 5.41) is 11.5. The zero-order chi connectivity index (χ0) is 19.2. The van der Waals surface area contributed by atoms with Crippen LogP contribution in [0.4, 0.5) is 4.39 Å². The van der Waals surface area contributed by atoms with E-state index in [0.717, 1.165) is 0 Å². The molecule has 0 saturated heterocycles. The molecule has 1 amide bonds. The highest BCUT2D eigenvalue weighted by molar-refractivity contribution is 6.31. The van der Waals surface area contributed by atoms with Crippen LogP contribution in [0, 0.1) is 5.82 Å². The van der Waals surface area contributed by atoms with E-state index in [1.165, 1.54) is 22.9 Å². The van der Waals surface area contributed by atoms with Gasteiger partial charge < -0.3 is 10.1 Å². The summed E-state index contributed by atoms with van der Waals surface area (Å²) in [5.41, 5.74) is 0.276. The number of ether oxygens (including phenoxy) is 1. The summed E-state index contributed by atoms with van der Waals surface area (Å²) < 4.78 is 21.8.